The minimum atomic E-state index is 0.166. The van der Waals surface area contributed by atoms with Crippen LogP contribution in [0.2, 0.25) is 0 Å². The second kappa shape index (κ2) is 6.44. The lowest BCUT2D eigenvalue weighted by atomic mass is 10.0. The maximum Gasteiger partial charge on any atom is 0.118 e. The van der Waals surface area contributed by atoms with Gasteiger partial charge in [0.15, 0.2) is 0 Å². The van der Waals surface area contributed by atoms with Gasteiger partial charge in [-0.25, -0.2) is 0 Å². The third kappa shape index (κ3) is 3.52. The minimum Gasteiger partial charge on any atom is -0.508 e. The first-order valence-electron chi connectivity index (χ1n) is 6.79. The third-order valence-corrected chi connectivity index (χ3v) is 3.49. The molecule has 0 aliphatic heterocycles. The van der Waals surface area contributed by atoms with Crippen molar-refractivity contribution in [3.63, 3.8) is 0 Å². The van der Waals surface area contributed by atoms with Gasteiger partial charge in [-0.2, -0.15) is 0 Å². The topological polar surface area (TPSA) is 41.5 Å². The lowest BCUT2D eigenvalue weighted by Gasteiger charge is -2.21. The van der Waals surface area contributed by atoms with Crippen LogP contribution < -0.4 is 10.1 Å². The first kappa shape index (κ1) is 14.4. The predicted molar refractivity (Wildman–Crippen MR) is 81.1 cm³/mol. The lowest BCUT2D eigenvalue weighted by molar-refractivity contribution is 0.414. The average molecular weight is 271 g/mol. The molecule has 0 radical (unpaired) electrons. The SMILES string of the molecule is COc1ccc([C@@H](C)NC(C)c2cccc(O)c2)cc1. The Kier molecular flexibility index (Phi) is 4.64. The van der Waals surface area contributed by atoms with Crippen LogP contribution in [-0.4, -0.2) is 12.2 Å². The quantitative estimate of drug-likeness (QED) is 0.868. The maximum atomic E-state index is 9.53. The molecule has 1 unspecified atom stereocenters. The highest BCUT2D eigenvalue weighted by molar-refractivity contribution is 5.31. The molecule has 2 aromatic rings. The van der Waals surface area contributed by atoms with Gasteiger partial charge in [-0.05, 0) is 49.2 Å². The van der Waals surface area contributed by atoms with E-state index in [0.717, 1.165) is 11.3 Å². The van der Waals surface area contributed by atoms with Crippen LogP contribution >= 0.6 is 0 Å². The molecule has 2 aromatic carbocycles. The lowest BCUT2D eigenvalue weighted by Crippen LogP contribution is -2.22. The summed E-state index contributed by atoms with van der Waals surface area (Å²) in [7, 11) is 1.67. The molecule has 0 aliphatic rings. The van der Waals surface area contributed by atoms with Gasteiger partial charge in [-0.3, -0.25) is 0 Å². The van der Waals surface area contributed by atoms with E-state index in [2.05, 4.69) is 31.3 Å². The van der Waals surface area contributed by atoms with Gasteiger partial charge in [0, 0.05) is 12.1 Å². The van der Waals surface area contributed by atoms with Crippen molar-refractivity contribution in [2.24, 2.45) is 0 Å². The maximum absolute atomic E-state index is 9.53. The van der Waals surface area contributed by atoms with E-state index >= 15 is 0 Å². The summed E-state index contributed by atoms with van der Waals surface area (Å²) < 4.78 is 5.16. The van der Waals surface area contributed by atoms with Gasteiger partial charge >= 0.3 is 0 Å². The molecule has 0 fully saturated rings. The number of rotatable bonds is 5. The number of methoxy groups -OCH3 is 1. The smallest absolute Gasteiger partial charge is 0.118 e. The molecule has 0 aromatic heterocycles. The summed E-state index contributed by atoms with van der Waals surface area (Å²) in [5.41, 5.74) is 2.28. The van der Waals surface area contributed by atoms with E-state index in [9.17, 15) is 5.11 Å². The van der Waals surface area contributed by atoms with Crippen LogP contribution in [0.3, 0.4) is 0 Å². The Balaban J connectivity index is 2.04. The second-order valence-electron chi connectivity index (χ2n) is 4.98. The molecule has 0 amide bonds. The van der Waals surface area contributed by atoms with Crippen molar-refractivity contribution in [1.82, 2.24) is 5.32 Å². The molecule has 2 N–H and O–H groups in total. The highest BCUT2D eigenvalue weighted by Crippen LogP contribution is 2.23. The fourth-order valence-corrected chi connectivity index (χ4v) is 2.25. The second-order valence-corrected chi connectivity index (χ2v) is 4.98. The Morgan fingerprint density at radius 3 is 2.20 bits per heavy atom. The fourth-order valence-electron chi connectivity index (χ4n) is 2.25. The van der Waals surface area contributed by atoms with E-state index in [1.54, 1.807) is 19.2 Å². The third-order valence-electron chi connectivity index (χ3n) is 3.49. The predicted octanol–water partition coefficient (Wildman–Crippen LogP) is 3.81. The molecule has 0 saturated carbocycles. The van der Waals surface area contributed by atoms with Gasteiger partial charge in [0.25, 0.3) is 0 Å². The Morgan fingerprint density at radius 2 is 1.60 bits per heavy atom. The Bertz CT molecular complexity index is 551. The van der Waals surface area contributed by atoms with Gasteiger partial charge in [0.1, 0.15) is 11.5 Å². The zero-order chi connectivity index (χ0) is 14.5. The summed E-state index contributed by atoms with van der Waals surface area (Å²) in [6.07, 6.45) is 0. The van der Waals surface area contributed by atoms with E-state index in [1.807, 2.05) is 24.3 Å². The summed E-state index contributed by atoms with van der Waals surface area (Å²) in [6.45, 7) is 4.22. The summed E-state index contributed by atoms with van der Waals surface area (Å²) >= 11 is 0. The van der Waals surface area contributed by atoms with Crippen molar-refractivity contribution in [2.45, 2.75) is 25.9 Å². The molecular formula is C17H21NO2. The average Bonchev–Trinajstić information content (AvgIpc) is 2.47. The molecule has 3 heteroatoms. The van der Waals surface area contributed by atoms with E-state index < -0.39 is 0 Å². The largest absolute Gasteiger partial charge is 0.508 e. The van der Waals surface area contributed by atoms with Gasteiger partial charge in [0.05, 0.1) is 7.11 Å². The van der Waals surface area contributed by atoms with Crippen LogP contribution in [0.4, 0.5) is 0 Å². The molecule has 0 bridgehead atoms. The van der Waals surface area contributed by atoms with E-state index in [-0.39, 0.29) is 12.1 Å². The van der Waals surface area contributed by atoms with Crippen molar-refractivity contribution in [3.8, 4) is 11.5 Å². The van der Waals surface area contributed by atoms with Crippen LogP contribution in [0.5, 0.6) is 11.5 Å². The molecule has 3 nitrogen and oxygen atoms in total. The van der Waals surface area contributed by atoms with Gasteiger partial charge in [-0.15, -0.1) is 0 Å². The Morgan fingerprint density at radius 1 is 0.950 bits per heavy atom. The standard InChI is InChI=1S/C17H21NO2/c1-12(14-7-9-17(20-3)10-8-14)18-13(2)15-5-4-6-16(19)11-15/h4-13,18-19H,1-3H3/t12-,13?/m1/s1. The van der Waals surface area contributed by atoms with Crippen LogP contribution in [0.25, 0.3) is 0 Å². The van der Waals surface area contributed by atoms with Crippen molar-refractivity contribution in [2.75, 3.05) is 7.11 Å². The number of nitrogens with one attached hydrogen (secondary N) is 1. The monoisotopic (exact) mass is 271 g/mol. The zero-order valence-corrected chi connectivity index (χ0v) is 12.1. The number of hydrogen-bond donors (Lipinski definition) is 2. The zero-order valence-electron chi connectivity index (χ0n) is 12.1. The molecule has 20 heavy (non-hydrogen) atoms. The molecule has 0 spiro atoms. The van der Waals surface area contributed by atoms with Crippen molar-refractivity contribution >= 4 is 0 Å². The van der Waals surface area contributed by atoms with Crippen LogP contribution in [0, 0.1) is 0 Å². The van der Waals surface area contributed by atoms with E-state index in [1.165, 1.54) is 5.56 Å². The molecular weight excluding hydrogens is 250 g/mol. The molecule has 2 atom stereocenters. The van der Waals surface area contributed by atoms with Gasteiger partial charge in [-0.1, -0.05) is 24.3 Å². The van der Waals surface area contributed by atoms with Gasteiger partial charge < -0.3 is 15.2 Å². The summed E-state index contributed by atoms with van der Waals surface area (Å²) in [6, 6.07) is 15.8. The van der Waals surface area contributed by atoms with E-state index in [0.29, 0.717) is 5.75 Å². The van der Waals surface area contributed by atoms with E-state index in [4.69, 9.17) is 4.74 Å². The summed E-state index contributed by atoms with van der Waals surface area (Å²) in [5, 5.41) is 13.1. The normalized spacial score (nSPS) is 13.8. The fraction of sp³-hybridized carbons (Fsp3) is 0.294. The highest BCUT2D eigenvalue weighted by atomic mass is 16.5. The van der Waals surface area contributed by atoms with Crippen molar-refractivity contribution in [1.29, 1.82) is 0 Å². The summed E-state index contributed by atoms with van der Waals surface area (Å²) in [5.74, 6) is 1.16. The molecule has 0 aliphatic carbocycles. The number of phenolic OH excluding ortho intramolecular Hbond substituents is 1. The molecule has 0 heterocycles. The summed E-state index contributed by atoms with van der Waals surface area (Å²) in [4.78, 5) is 0. The Labute approximate surface area is 120 Å². The van der Waals surface area contributed by atoms with Gasteiger partial charge in [0.2, 0.25) is 0 Å². The molecule has 2 rings (SSSR count). The Hall–Kier alpha value is -2.00. The van der Waals surface area contributed by atoms with Crippen LogP contribution in [-0.2, 0) is 0 Å². The number of phenols is 1. The van der Waals surface area contributed by atoms with Crippen molar-refractivity contribution in [3.05, 3.63) is 59.7 Å². The first-order valence-corrected chi connectivity index (χ1v) is 6.79. The van der Waals surface area contributed by atoms with Crippen LogP contribution in [0.1, 0.15) is 37.1 Å². The number of ether oxygens (including phenoxy) is 1. The number of benzene rings is 2. The highest BCUT2D eigenvalue weighted by Gasteiger charge is 2.11. The first-order chi connectivity index (χ1) is 9.60. The molecule has 106 valence electrons. The minimum absolute atomic E-state index is 0.166. The number of aromatic hydroxyl groups is 1. The number of hydrogen-bond acceptors (Lipinski definition) is 3. The van der Waals surface area contributed by atoms with Crippen LogP contribution in [0.15, 0.2) is 48.5 Å². The molecule has 0 saturated heterocycles. The van der Waals surface area contributed by atoms with Crippen molar-refractivity contribution < 1.29 is 9.84 Å².